The van der Waals surface area contributed by atoms with Crippen LogP contribution in [-0.4, -0.2) is 16.4 Å². The van der Waals surface area contributed by atoms with Gasteiger partial charge in [-0.3, -0.25) is 14.4 Å². The van der Waals surface area contributed by atoms with Gasteiger partial charge in [-0.15, -0.1) is 0 Å². The molecule has 7 heteroatoms. The molecule has 0 saturated carbocycles. The normalized spacial score (nSPS) is 10.4. The van der Waals surface area contributed by atoms with E-state index in [2.05, 4.69) is 10.6 Å². The maximum absolute atomic E-state index is 13.1. The Morgan fingerprint density at radius 2 is 1.72 bits per heavy atom. The number of nitrogens with zero attached hydrogens (tertiary/aromatic N) is 1. The first-order valence-electron chi connectivity index (χ1n) is 8.96. The molecule has 6 nitrogen and oxygen atoms in total. The second-order valence-electron chi connectivity index (χ2n) is 6.68. The number of nitrogens with one attached hydrogen (secondary N) is 2. The van der Waals surface area contributed by atoms with E-state index in [9.17, 15) is 18.8 Å². The summed E-state index contributed by atoms with van der Waals surface area (Å²) in [6, 6.07) is 13.8. The Morgan fingerprint density at radius 1 is 1.00 bits per heavy atom. The maximum Gasteiger partial charge on any atom is 0.257 e. The largest absolute Gasteiger partial charge is 0.326 e. The van der Waals surface area contributed by atoms with Gasteiger partial charge in [-0.2, -0.15) is 0 Å². The van der Waals surface area contributed by atoms with E-state index in [1.807, 2.05) is 6.92 Å². The van der Waals surface area contributed by atoms with Crippen LogP contribution in [0.5, 0.6) is 0 Å². The molecular weight excluding hydrogens is 373 g/mol. The van der Waals surface area contributed by atoms with Gasteiger partial charge in [0.05, 0.1) is 12.1 Å². The fourth-order valence-corrected chi connectivity index (χ4v) is 2.81. The molecule has 0 bridgehead atoms. The van der Waals surface area contributed by atoms with E-state index in [-0.39, 0.29) is 29.7 Å². The van der Waals surface area contributed by atoms with Gasteiger partial charge in [-0.05, 0) is 48.4 Å². The number of benzene rings is 2. The predicted octanol–water partition coefficient (Wildman–Crippen LogP) is 3.55. The van der Waals surface area contributed by atoms with Gasteiger partial charge >= 0.3 is 0 Å². The van der Waals surface area contributed by atoms with Crippen molar-refractivity contribution in [2.24, 2.45) is 0 Å². The number of hydrogen-bond acceptors (Lipinski definition) is 3. The van der Waals surface area contributed by atoms with Gasteiger partial charge in [0.15, 0.2) is 0 Å². The summed E-state index contributed by atoms with van der Waals surface area (Å²) in [7, 11) is 0. The maximum atomic E-state index is 13.1. The van der Waals surface area contributed by atoms with Crippen LogP contribution in [0, 0.1) is 12.7 Å². The average molecular weight is 393 g/mol. The van der Waals surface area contributed by atoms with Gasteiger partial charge in [0, 0.05) is 30.6 Å². The molecule has 3 aromatic rings. The van der Waals surface area contributed by atoms with Crippen molar-refractivity contribution in [3.63, 3.8) is 0 Å². The second kappa shape index (κ2) is 8.52. The van der Waals surface area contributed by atoms with Crippen LogP contribution in [-0.2, 0) is 11.3 Å². The summed E-state index contributed by atoms with van der Waals surface area (Å²) in [6.07, 6.45) is 1.47. The van der Waals surface area contributed by atoms with Gasteiger partial charge in [-0.1, -0.05) is 18.2 Å². The van der Waals surface area contributed by atoms with Crippen molar-refractivity contribution < 1.29 is 14.0 Å². The number of halogens is 1. The fourth-order valence-electron chi connectivity index (χ4n) is 2.81. The smallest absolute Gasteiger partial charge is 0.257 e. The Hall–Kier alpha value is -3.74. The summed E-state index contributed by atoms with van der Waals surface area (Å²) in [6.45, 7) is 3.46. The third kappa shape index (κ3) is 5.16. The number of amides is 2. The minimum absolute atomic E-state index is 0.209. The predicted molar refractivity (Wildman–Crippen MR) is 110 cm³/mol. The quantitative estimate of drug-likeness (QED) is 0.696. The van der Waals surface area contributed by atoms with Gasteiger partial charge < -0.3 is 15.2 Å². The summed E-state index contributed by atoms with van der Waals surface area (Å²) < 4.78 is 14.5. The number of pyridine rings is 1. The molecule has 0 radical (unpaired) electrons. The lowest BCUT2D eigenvalue weighted by Gasteiger charge is -2.12. The molecule has 2 N–H and O–H groups in total. The molecule has 0 fully saturated rings. The SMILES string of the molecule is CC(=O)Nc1ccc(C)c(NC(=O)c2ccc(=O)n(Cc3ccc(F)cc3)c2)c1. The Morgan fingerprint density at radius 3 is 2.41 bits per heavy atom. The highest BCUT2D eigenvalue weighted by atomic mass is 19.1. The summed E-state index contributed by atoms with van der Waals surface area (Å²) in [4.78, 5) is 36.1. The van der Waals surface area contributed by atoms with Crippen LogP contribution in [0.4, 0.5) is 15.8 Å². The highest BCUT2D eigenvalue weighted by Gasteiger charge is 2.11. The molecule has 29 heavy (non-hydrogen) atoms. The van der Waals surface area contributed by atoms with Crippen molar-refractivity contribution >= 4 is 23.2 Å². The topological polar surface area (TPSA) is 80.2 Å². The minimum atomic E-state index is -0.388. The molecule has 0 aliphatic heterocycles. The highest BCUT2D eigenvalue weighted by Crippen LogP contribution is 2.21. The zero-order valence-corrected chi connectivity index (χ0v) is 16.0. The van der Waals surface area contributed by atoms with Crippen molar-refractivity contribution in [3.05, 3.63) is 93.7 Å². The van der Waals surface area contributed by atoms with Gasteiger partial charge in [0.1, 0.15) is 5.82 Å². The number of rotatable bonds is 5. The first-order chi connectivity index (χ1) is 13.8. The van der Waals surface area contributed by atoms with Crippen LogP contribution in [0.25, 0.3) is 0 Å². The Kier molecular flexibility index (Phi) is 5.87. The number of anilines is 2. The molecule has 0 aliphatic carbocycles. The monoisotopic (exact) mass is 393 g/mol. The van der Waals surface area contributed by atoms with Crippen LogP contribution < -0.4 is 16.2 Å². The second-order valence-corrected chi connectivity index (χ2v) is 6.68. The molecule has 2 aromatic carbocycles. The standard InChI is InChI=1S/C22H20FN3O3/c1-14-3-9-19(24-15(2)27)11-20(14)25-22(29)17-6-10-21(28)26(13-17)12-16-4-7-18(23)8-5-16/h3-11,13H,12H2,1-2H3,(H,24,27)(H,25,29). The Balaban J connectivity index is 1.82. The van der Waals surface area contributed by atoms with E-state index in [0.29, 0.717) is 16.9 Å². The molecule has 3 rings (SSSR count). The molecule has 0 spiro atoms. The van der Waals surface area contributed by atoms with Crippen LogP contribution >= 0.6 is 0 Å². The molecule has 1 heterocycles. The molecule has 0 aliphatic rings. The fraction of sp³-hybridized carbons (Fsp3) is 0.136. The lowest BCUT2D eigenvalue weighted by atomic mass is 10.1. The molecule has 0 unspecified atom stereocenters. The third-order valence-electron chi connectivity index (χ3n) is 4.32. The first-order valence-corrected chi connectivity index (χ1v) is 8.96. The Labute approximate surface area is 167 Å². The van der Waals surface area contributed by atoms with Gasteiger partial charge in [0.25, 0.3) is 11.5 Å². The van der Waals surface area contributed by atoms with Crippen molar-refractivity contribution in [3.8, 4) is 0 Å². The van der Waals surface area contributed by atoms with Crippen LogP contribution in [0.15, 0.2) is 65.6 Å². The average Bonchev–Trinajstić information content (AvgIpc) is 2.67. The highest BCUT2D eigenvalue weighted by molar-refractivity contribution is 6.05. The molecule has 2 amide bonds. The molecule has 1 aromatic heterocycles. The van der Waals surface area contributed by atoms with Gasteiger partial charge in [-0.25, -0.2) is 4.39 Å². The summed E-state index contributed by atoms with van der Waals surface area (Å²) in [5.74, 6) is -0.953. The van der Waals surface area contributed by atoms with Gasteiger partial charge in [0.2, 0.25) is 5.91 Å². The minimum Gasteiger partial charge on any atom is -0.326 e. The summed E-state index contributed by atoms with van der Waals surface area (Å²) in [5.41, 5.74) is 2.72. The Bertz CT molecular complexity index is 1120. The summed E-state index contributed by atoms with van der Waals surface area (Å²) in [5, 5.41) is 5.47. The van der Waals surface area contributed by atoms with Crippen LogP contribution in [0.3, 0.4) is 0 Å². The van der Waals surface area contributed by atoms with E-state index >= 15 is 0 Å². The van der Waals surface area contributed by atoms with E-state index in [1.165, 1.54) is 42.0 Å². The zero-order chi connectivity index (χ0) is 21.0. The number of hydrogen-bond donors (Lipinski definition) is 2. The van der Waals surface area contributed by atoms with Crippen molar-refractivity contribution in [1.82, 2.24) is 4.57 Å². The van der Waals surface area contributed by atoms with E-state index < -0.39 is 0 Å². The van der Waals surface area contributed by atoms with Crippen LogP contribution in [0.1, 0.15) is 28.4 Å². The number of aromatic nitrogens is 1. The van der Waals surface area contributed by atoms with Crippen molar-refractivity contribution in [1.29, 1.82) is 0 Å². The first kappa shape index (κ1) is 20.0. The number of aryl methyl sites for hydroxylation is 1. The van der Waals surface area contributed by atoms with Crippen molar-refractivity contribution in [2.45, 2.75) is 20.4 Å². The molecule has 0 atom stereocenters. The van der Waals surface area contributed by atoms with Crippen LogP contribution in [0.2, 0.25) is 0 Å². The molecule has 0 saturated heterocycles. The van der Waals surface area contributed by atoms with Crippen molar-refractivity contribution in [2.75, 3.05) is 10.6 Å². The molecule has 148 valence electrons. The number of carbonyl (C=O) groups is 2. The third-order valence-corrected chi connectivity index (χ3v) is 4.32. The van der Waals surface area contributed by atoms with E-state index in [0.717, 1.165) is 11.1 Å². The zero-order valence-electron chi connectivity index (χ0n) is 16.0. The molecular formula is C22H20FN3O3. The lowest BCUT2D eigenvalue weighted by molar-refractivity contribution is -0.114. The van der Waals surface area contributed by atoms with E-state index in [1.54, 1.807) is 30.3 Å². The lowest BCUT2D eigenvalue weighted by Crippen LogP contribution is -2.22. The number of carbonyl (C=O) groups excluding carboxylic acids is 2. The summed E-state index contributed by atoms with van der Waals surface area (Å²) >= 11 is 0. The van der Waals surface area contributed by atoms with E-state index in [4.69, 9.17) is 0 Å².